The summed E-state index contributed by atoms with van der Waals surface area (Å²) in [6.45, 7) is 4.40. The molecule has 0 radical (unpaired) electrons. The van der Waals surface area contributed by atoms with E-state index in [4.69, 9.17) is 5.73 Å². The third kappa shape index (κ3) is 20.7. The van der Waals surface area contributed by atoms with Crippen molar-refractivity contribution in [2.75, 3.05) is 0 Å². The number of hydrogen-bond acceptors (Lipinski definition) is 5. The van der Waals surface area contributed by atoms with Gasteiger partial charge in [0, 0.05) is 19.3 Å². The maximum absolute atomic E-state index is 12.9. The van der Waals surface area contributed by atoms with E-state index >= 15 is 0 Å². The van der Waals surface area contributed by atoms with E-state index in [1.165, 1.54) is 64.2 Å². The molecule has 0 saturated heterocycles. The fraction of sp³-hybridized carbons (Fsp3) is 0.862. The van der Waals surface area contributed by atoms with E-state index in [0.29, 0.717) is 12.8 Å². The van der Waals surface area contributed by atoms with Gasteiger partial charge in [0.1, 0.15) is 6.04 Å². The molecule has 0 fully saturated rings. The number of hydrogen-bond donors (Lipinski definition) is 3. The average Bonchev–Trinajstić information content (AvgIpc) is 2.86. The number of primary amides is 1. The largest absolute Gasteiger partial charge is 0.480 e. The van der Waals surface area contributed by atoms with Crippen LogP contribution in [0.5, 0.6) is 0 Å². The molecule has 1 atom stereocenters. The standard InChI is InChI=1S/C29H55N3O5/c1-3-5-7-9-11-13-15-17-19-21-27(34)32(31-25(29(36)37)23-24-26(30)33)28(35)22-20-18-16-14-12-10-8-6-4-2/h25,31H,3-24H2,1-2H3,(H2,30,33)(H,36,37)/t25-/m0/s1. The van der Waals surface area contributed by atoms with E-state index < -0.39 is 29.7 Å². The van der Waals surface area contributed by atoms with Gasteiger partial charge in [0.15, 0.2) is 0 Å². The van der Waals surface area contributed by atoms with E-state index in [-0.39, 0.29) is 25.7 Å². The summed E-state index contributed by atoms with van der Waals surface area (Å²) in [4.78, 5) is 48.6. The molecule has 0 unspecified atom stereocenters. The number of hydrazine groups is 1. The number of carboxylic acid groups (broad SMARTS) is 1. The number of carboxylic acids is 1. The smallest absolute Gasteiger partial charge is 0.322 e. The Hall–Kier alpha value is -1.96. The van der Waals surface area contributed by atoms with E-state index in [1.54, 1.807) is 0 Å². The number of carbonyl (C=O) groups is 4. The van der Waals surface area contributed by atoms with Crippen LogP contribution in [0.25, 0.3) is 0 Å². The molecule has 0 aliphatic carbocycles. The number of nitrogens with two attached hydrogens (primary N) is 1. The number of rotatable bonds is 26. The lowest BCUT2D eigenvalue weighted by Crippen LogP contribution is -2.54. The Kier molecular flexibility index (Phi) is 23.1. The van der Waals surface area contributed by atoms with Gasteiger partial charge in [0.2, 0.25) is 17.7 Å². The normalized spacial score (nSPS) is 11.8. The van der Waals surface area contributed by atoms with Gasteiger partial charge < -0.3 is 10.8 Å². The number of unbranched alkanes of at least 4 members (excludes halogenated alkanes) is 16. The van der Waals surface area contributed by atoms with Crippen molar-refractivity contribution in [1.29, 1.82) is 0 Å². The Morgan fingerprint density at radius 2 is 0.973 bits per heavy atom. The van der Waals surface area contributed by atoms with Crippen LogP contribution in [-0.2, 0) is 19.2 Å². The molecule has 0 aromatic rings. The van der Waals surface area contributed by atoms with Gasteiger partial charge in [-0.25, -0.2) is 10.4 Å². The first-order valence-electron chi connectivity index (χ1n) is 15.0. The molecule has 0 aromatic heterocycles. The van der Waals surface area contributed by atoms with Gasteiger partial charge in [-0.05, 0) is 19.3 Å². The van der Waals surface area contributed by atoms with Crippen molar-refractivity contribution in [2.24, 2.45) is 5.73 Å². The van der Waals surface area contributed by atoms with Gasteiger partial charge in [0.25, 0.3) is 0 Å². The molecule has 0 aliphatic heterocycles. The van der Waals surface area contributed by atoms with Crippen LogP contribution < -0.4 is 11.2 Å². The highest BCUT2D eigenvalue weighted by atomic mass is 16.4. The van der Waals surface area contributed by atoms with Crippen molar-refractivity contribution in [3.8, 4) is 0 Å². The molecule has 0 aliphatic rings. The molecular weight excluding hydrogens is 470 g/mol. The lowest BCUT2D eigenvalue weighted by atomic mass is 10.1. The van der Waals surface area contributed by atoms with Crippen molar-refractivity contribution in [3.05, 3.63) is 0 Å². The summed E-state index contributed by atoms with van der Waals surface area (Å²) in [5.41, 5.74) is 7.76. The van der Waals surface area contributed by atoms with Crippen molar-refractivity contribution < 1.29 is 24.3 Å². The molecule has 0 rings (SSSR count). The van der Waals surface area contributed by atoms with Gasteiger partial charge in [-0.3, -0.25) is 19.2 Å². The van der Waals surface area contributed by atoms with E-state index in [1.807, 2.05) is 0 Å². The minimum Gasteiger partial charge on any atom is -0.480 e. The number of imide groups is 1. The van der Waals surface area contributed by atoms with E-state index in [2.05, 4.69) is 19.3 Å². The van der Waals surface area contributed by atoms with Crippen molar-refractivity contribution in [3.63, 3.8) is 0 Å². The maximum atomic E-state index is 12.9. The second kappa shape index (κ2) is 24.4. The summed E-state index contributed by atoms with van der Waals surface area (Å²) < 4.78 is 0. The molecule has 0 aromatic carbocycles. The quantitative estimate of drug-likeness (QED) is 0.0884. The molecule has 216 valence electrons. The van der Waals surface area contributed by atoms with Crippen molar-refractivity contribution in [2.45, 2.75) is 161 Å². The lowest BCUT2D eigenvalue weighted by Gasteiger charge is -2.25. The predicted octanol–water partition coefficient (Wildman–Crippen LogP) is 6.41. The zero-order chi connectivity index (χ0) is 27.7. The summed E-state index contributed by atoms with van der Waals surface area (Å²) in [7, 11) is 0. The predicted molar refractivity (Wildman–Crippen MR) is 149 cm³/mol. The second-order valence-corrected chi connectivity index (χ2v) is 10.3. The first-order chi connectivity index (χ1) is 17.8. The van der Waals surface area contributed by atoms with E-state index in [0.717, 1.165) is 43.5 Å². The lowest BCUT2D eigenvalue weighted by molar-refractivity contribution is -0.152. The van der Waals surface area contributed by atoms with Gasteiger partial charge in [-0.2, -0.15) is 0 Å². The summed E-state index contributed by atoms with van der Waals surface area (Å²) in [6, 6.07) is -1.23. The highest BCUT2D eigenvalue weighted by molar-refractivity contribution is 5.95. The van der Waals surface area contributed by atoms with Crippen LogP contribution in [0.1, 0.15) is 155 Å². The summed E-state index contributed by atoms with van der Waals surface area (Å²) in [6.07, 6.45) is 20.2. The van der Waals surface area contributed by atoms with Crippen molar-refractivity contribution >= 4 is 23.7 Å². The summed E-state index contributed by atoms with van der Waals surface area (Å²) in [5, 5.41) is 10.4. The third-order valence-corrected chi connectivity index (χ3v) is 6.75. The van der Waals surface area contributed by atoms with Gasteiger partial charge >= 0.3 is 5.97 Å². The minimum atomic E-state index is -1.23. The molecule has 0 heterocycles. The zero-order valence-electron chi connectivity index (χ0n) is 23.7. The average molecular weight is 526 g/mol. The van der Waals surface area contributed by atoms with Crippen LogP contribution in [0.4, 0.5) is 0 Å². The number of carbonyl (C=O) groups excluding carboxylic acids is 3. The number of nitrogens with zero attached hydrogens (tertiary/aromatic N) is 1. The van der Waals surface area contributed by atoms with Gasteiger partial charge in [0.05, 0.1) is 0 Å². The Bertz CT molecular complexity index is 593. The van der Waals surface area contributed by atoms with Gasteiger partial charge in [-0.1, -0.05) is 117 Å². The third-order valence-electron chi connectivity index (χ3n) is 6.75. The summed E-state index contributed by atoms with van der Waals surface area (Å²) in [5.74, 6) is -2.66. The van der Waals surface area contributed by atoms with Crippen LogP contribution in [0, 0.1) is 0 Å². The zero-order valence-corrected chi connectivity index (χ0v) is 23.7. The summed E-state index contributed by atoms with van der Waals surface area (Å²) >= 11 is 0. The molecule has 0 saturated carbocycles. The number of amides is 3. The van der Waals surface area contributed by atoms with Crippen LogP contribution >= 0.6 is 0 Å². The molecule has 4 N–H and O–H groups in total. The van der Waals surface area contributed by atoms with Crippen molar-refractivity contribution in [1.82, 2.24) is 10.4 Å². The monoisotopic (exact) mass is 525 g/mol. The van der Waals surface area contributed by atoms with Crippen LogP contribution in [-0.4, -0.2) is 39.8 Å². The molecule has 8 nitrogen and oxygen atoms in total. The Morgan fingerprint density at radius 3 is 1.30 bits per heavy atom. The molecular formula is C29H55N3O5. The molecule has 0 spiro atoms. The Morgan fingerprint density at radius 1 is 0.622 bits per heavy atom. The minimum absolute atomic E-state index is 0.0855. The topological polar surface area (TPSA) is 130 Å². The fourth-order valence-corrected chi connectivity index (χ4v) is 4.37. The Balaban J connectivity index is 4.65. The highest BCUT2D eigenvalue weighted by Crippen LogP contribution is 2.14. The number of nitrogens with one attached hydrogen (secondary N) is 1. The second-order valence-electron chi connectivity index (χ2n) is 10.3. The Labute approximate surface area is 225 Å². The van der Waals surface area contributed by atoms with Crippen LogP contribution in [0.2, 0.25) is 0 Å². The van der Waals surface area contributed by atoms with E-state index in [9.17, 15) is 24.3 Å². The first kappa shape index (κ1) is 35.0. The molecule has 8 heteroatoms. The first-order valence-corrected chi connectivity index (χ1v) is 15.0. The maximum Gasteiger partial charge on any atom is 0.322 e. The van der Waals surface area contributed by atoms with Crippen LogP contribution in [0.15, 0.2) is 0 Å². The molecule has 0 bridgehead atoms. The van der Waals surface area contributed by atoms with Crippen LogP contribution in [0.3, 0.4) is 0 Å². The number of aliphatic carboxylic acids is 1. The SMILES string of the molecule is CCCCCCCCCCCC(=O)N(N[C@@H](CCC(N)=O)C(=O)O)C(=O)CCCCCCCCCCC. The molecule has 3 amide bonds. The fourth-order valence-electron chi connectivity index (χ4n) is 4.37. The molecule has 37 heavy (non-hydrogen) atoms. The van der Waals surface area contributed by atoms with Gasteiger partial charge in [-0.15, -0.1) is 0 Å². The highest BCUT2D eigenvalue weighted by Gasteiger charge is 2.27.